The summed E-state index contributed by atoms with van der Waals surface area (Å²) < 4.78 is 0. The van der Waals surface area contributed by atoms with Gasteiger partial charge < -0.3 is 10.2 Å². The van der Waals surface area contributed by atoms with Crippen molar-refractivity contribution in [1.82, 2.24) is 25.5 Å². The summed E-state index contributed by atoms with van der Waals surface area (Å²) in [7, 11) is 0. The van der Waals surface area contributed by atoms with Gasteiger partial charge in [-0.3, -0.25) is 9.69 Å². The molecule has 2 unspecified atom stereocenters. The highest BCUT2D eigenvalue weighted by atomic mass is 16.1. The van der Waals surface area contributed by atoms with Crippen LogP contribution in [0.1, 0.15) is 39.2 Å². The first kappa shape index (κ1) is 25.2. The maximum Gasteiger partial charge on any atom is 0.224 e. The van der Waals surface area contributed by atoms with Crippen LogP contribution < -0.4 is 10.2 Å². The van der Waals surface area contributed by atoms with Crippen molar-refractivity contribution in [2.24, 2.45) is 5.41 Å². The number of carbonyl (C=O) groups is 1. The Morgan fingerprint density at radius 1 is 0.974 bits per heavy atom. The summed E-state index contributed by atoms with van der Waals surface area (Å²) in [5, 5.41) is 17.8. The Morgan fingerprint density at radius 2 is 1.74 bits per heavy atom. The zero-order valence-corrected chi connectivity index (χ0v) is 22.8. The van der Waals surface area contributed by atoms with E-state index in [2.05, 4.69) is 111 Å². The molecule has 2 saturated heterocycles. The molecule has 8 nitrogen and oxygen atoms in total. The molecule has 4 aromatic rings. The Morgan fingerprint density at radius 3 is 2.44 bits per heavy atom. The smallest absolute Gasteiger partial charge is 0.224 e. The summed E-state index contributed by atoms with van der Waals surface area (Å²) in [6, 6.07) is 26.1. The van der Waals surface area contributed by atoms with E-state index in [9.17, 15) is 4.79 Å². The second-order valence-electron chi connectivity index (χ2n) is 11.9. The Bertz CT molecular complexity index is 1450. The number of carbonyl (C=O) groups excluding carboxylic acids is 1. The van der Waals surface area contributed by atoms with E-state index in [-0.39, 0.29) is 11.3 Å². The zero-order chi connectivity index (χ0) is 27.0. The molecule has 39 heavy (non-hydrogen) atoms. The average molecular weight is 522 g/mol. The van der Waals surface area contributed by atoms with Crippen molar-refractivity contribution in [3.8, 4) is 22.5 Å². The molecule has 2 fully saturated rings. The first-order valence-electron chi connectivity index (χ1n) is 13.7. The number of piperazine rings is 1. The largest absolute Gasteiger partial charge is 0.364 e. The fourth-order valence-corrected chi connectivity index (χ4v) is 6.00. The van der Waals surface area contributed by atoms with Crippen molar-refractivity contribution in [3.63, 3.8) is 0 Å². The lowest BCUT2D eigenvalue weighted by Gasteiger charge is -2.36. The topological polar surface area (TPSA) is 90.0 Å². The van der Waals surface area contributed by atoms with E-state index in [4.69, 9.17) is 0 Å². The van der Waals surface area contributed by atoms with Crippen LogP contribution in [0.4, 0.5) is 11.4 Å². The lowest BCUT2D eigenvalue weighted by molar-refractivity contribution is -0.117. The number of aromatic amines is 1. The van der Waals surface area contributed by atoms with Crippen molar-refractivity contribution in [1.29, 1.82) is 0 Å². The molecule has 0 saturated carbocycles. The number of rotatable bonds is 7. The summed E-state index contributed by atoms with van der Waals surface area (Å²) in [5.74, 6) is 0.645. The van der Waals surface area contributed by atoms with Crippen molar-refractivity contribution < 1.29 is 4.79 Å². The Labute approximate surface area is 229 Å². The molecule has 1 aromatic heterocycles. The van der Waals surface area contributed by atoms with Gasteiger partial charge in [-0.25, -0.2) is 5.10 Å². The minimum atomic E-state index is -0.0988. The van der Waals surface area contributed by atoms with Crippen LogP contribution in [-0.4, -0.2) is 56.6 Å². The highest BCUT2D eigenvalue weighted by Crippen LogP contribution is 2.41. The van der Waals surface area contributed by atoms with Gasteiger partial charge >= 0.3 is 0 Å². The lowest BCUT2D eigenvalue weighted by atomic mass is 9.92. The Balaban J connectivity index is 1.30. The van der Waals surface area contributed by atoms with Crippen molar-refractivity contribution in [2.45, 2.75) is 52.2 Å². The van der Waals surface area contributed by atoms with E-state index >= 15 is 0 Å². The van der Waals surface area contributed by atoms with Crippen LogP contribution in [0, 0.1) is 5.41 Å². The number of H-pyrrole nitrogens is 1. The molecule has 6 rings (SSSR count). The number of fused-ring (bicyclic) bond motifs is 2. The fourth-order valence-electron chi connectivity index (χ4n) is 6.00. The van der Waals surface area contributed by atoms with Crippen LogP contribution in [0.15, 0.2) is 72.8 Å². The lowest BCUT2D eigenvalue weighted by Crippen LogP contribution is -2.46. The molecule has 2 atom stereocenters. The highest BCUT2D eigenvalue weighted by Gasteiger charge is 2.43. The first-order chi connectivity index (χ1) is 18.8. The van der Waals surface area contributed by atoms with Crippen molar-refractivity contribution in [2.75, 3.05) is 23.3 Å². The quantitative estimate of drug-likeness (QED) is 0.340. The van der Waals surface area contributed by atoms with Gasteiger partial charge in [0.1, 0.15) is 0 Å². The molecule has 0 spiro atoms. The standard InChI is InChI=1S/C31H35N7O/c1-31(2,3)17-29(39)32-27-15-22(25-11-7-8-12-26(25)30-33-35-36-34-30)13-14-28(27)38-20-23-16-24(38)19-37(23)18-21-9-5-4-6-10-21/h4-15,23-24H,16-20H2,1-3H3,(H,32,39)(H,33,34,35,36). The van der Waals surface area contributed by atoms with Gasteiger partial charge in [-0.2, -0.15) is 0 Å². The van der Waals surface area contributed by atoms with E-state index in [0.717, 1.165) is 54.1 Å². The van der Waals surface area contributed by atoms with Crippen LogP contribution >= 0.6 is 0 Å². The number of benzene rings is 3. The molecule has 200 valence electrons. The number of nitrogens with zero attached hydrogens (tertiary/aromatic N) is 5. The highest BCUT2D eigenvalue weighted by molar-refractivity contribution is 5.96. The normalized spacial score (nSPS) is 19.0. The molecule has 0 radical (unpaired) electrons. The monoisotopic (exact) mass is 521 g/mol. The van der Waals surface area contributed by atoms with Gasteiger partial charge in [0.2, 0.25) is 5.91 Å². The van der Waals surface area contributed by atoms with Crippen LogP contribution in [0.3, 0.4) is 0 Å². The van der Waals surface area contributed by atoms with E-state index in [1.54, 1.807) is 0 Å². The summed E-state index contributed by atoms with van der Waals surface area (Å²) in [4.78, 5) is 18.2. The Kier molecular flexibility index (Phi) is 6.64. The number of nitrogens with one attached hydrogen (secondary N) is 2. The third kappa shape index (κ3) is 5.43. The predicted octanol–water partition coefficient (Wildman–Crippen LogP) is 5.37. The number of anilines is 2. The van der Waals surface area contributed by atoms with Gasteiger partial charge in [0.05, 0.1) is 11.4 Å². The number of amides is 1. The summed E-state index contributed by atoms with van der Waals surface area (Å²) >= 11 is 0. The number of likely N-dealkylation sites (tertiary alicyclic amines) is 1. The minimum absolute atomic E-state index is 0.0312. The molecule has 2 bridgehead atoms. The molecule has 0 aliphatic carbocycles. The first-order valence-corrected chi connectivity index (χ1v) is 13.7. The zero-order valence-electron chi connectivity index (χ0n) is 22.8. The molecule has 1 amide bonds. The number of tetrazole rings is 1. The maximum absolute atomic E-state index is 13.1. The average Bonchev–Trinajstić information content (AvgIpc) is 3.66. The van der Waals surface area contributed by atoms with Crippen LogP contribution in [0.25, 0.3) is 22.5 Å². The second-order valence-corrected chi connectivity index (χ2v) is 11.9. The third-order valence-corrected chi connectivity index (χ3v) is 7.69. The third-order valence-electron chi connectivity index (χ3n) is 7.69. The fraction of sp³-hybridized carbons (Fsp3) is 0.355. The summed E-state index contributed by atoms with van der Waals surface area (Å²) in [6.45, 7) is 9.24. The van der Waals surface area contributed by atoms with Gasteiger partial charge in [-0.1, -0.05) is 81.4 Å². The van der Waals surface area contributed by atoms with E-state index in [1.807, 2.05) is 18.2 Å². The van der Waals surface area contributed by atoms with Crippen LogP contribution in [-0.2, 0) is 11.3 Å². The molecule has 2 aliphatic rings. The molecule has 2 aliphatic heterocycles. The van der Waals surface area contributed by atoms with Crippen LogP contribution in [0.5, 0.6) is 0 Å². The van der Waals surface area contributed by atoms with E-state index in [0.29, 0.717) is 24.3 Å². The molecular formula is C31H35N7O. The minimum Gasteiger partial charge on any atom is -0.364 e. The summed E-state index contributed by atoms with van der Waals surface area (Å²) in [5.41, 5.74) is 6.13. The SMILES string of the molecule is CC(C)(C)CC(=O)Nc1cc(-c2ccccc2-c2nnn[nH]2)ccc1N1CC2CC1CN2Cc1ccccc1. The summed E-state index contributed by atoms with van der Waals surface area (Å²) in [6.07, 6.45) is 1.60. The number of hydrogen-bond donors (Lipinski definition) is 2. The van der Waals surface area contributed by atoms with Gasteiger partial charge in [0.25, 0.3) is 0 Å². The van der Waals surface area contributed by atoms with Crippen LogP contribution in [0.2, 0.25) is 0 Å². The number of aromatic nitrogens is 4. The maximum atomic E-state index is 13.1. The number of hydrogen-bond acceptors (Lipinski definition) is 6. The van der Waals surface area contributed by atoms with E-state index < -0.39 is 0 Å². The molecule has 3 heterocycles. The van der Waals surface area contributed by atoms with Gasteiger partial charge in [0, 0.05) is 43.7 Å². The molecule has 2 N–H and O–H groups in total. The van der Waals surface area contributed by atoms with Gasteiger partial charge in [-0.15, -0.1) is 5.10 Å². The van der Waals surface area contributed by atoms with E-state index in [1.165, 1.54) is 5.56 Å². The molecule has 3 aromatic carbocycles. The van der Waals surface area contributed by atoms with Gasteiger partial charge in [-0.05, 0) is 51.1 Å². The van der Waals surface area contributed by atoms with Crippen molar-refractivity contribution in [3.05, 3.63) is 78.4 Å². The predicted molar refractivity (Wildman–Crippen MR) is 154 cm³/mol. The Hall–Kier alpha value is -4.04. The molecule has 8 heteroatoms. The van der Waals surface area contributed by atoms with Crippen molar-refractivity contribution >= 4 is 17.3 Å². The van der Waals surface area contributed by atoms with Gasteiger partial charge in [0.15, 0.2) is 5.82 Å². The second kappa shape index (κ2) is 10.3. The molecular weight excluding hydrogens is 486 g/mol.